The summed E-state index contributed by atoms with van der Waals surface area (Å²) < 4.78 is 0. The van der Waals surface area contributed by atoms with Crippen LogP contribution in [0.25, 0.3) is 0 Å². The highest BCUT2D eigenvalue weighted by atomic mass is 16.2. The Bertz CT molecular complexity index is 245. The molecule has 4 heteroatoms. The molecule has 15 heavy (non-hydrogen) atoms. The van der Waals surface area contributed by atoms with Crippen LogP contribution in [0.1, 0.15) is 51.9 Å². The largest absolute Gasteiger partial charge is 0.368 e. The average molecular weight is 212 g/mol. The van der Waals surface area contributed by atoms with Crippen molar-refractivity contribution in [1.29, 1.82) is 0 Å². The fourth-order valence-corrected chi connectivity index (χ4v) is 2.08. The molecule has 0 aromatic heterocycles. The molecule has 0 radical (unpaired) electrons. The molecule has 1 aliphatic carbocycles. The highest BCUT2D eigenvalue weighted by Crippen LogP contribution is 2.29. The number of hydrogen-bond acceptors (Lipinski definition) is 2. The Morgan fingerprint density at radius 3 is 2.40 bits per heavy atom. The van der Waals surface area contributed by atoms with Crippen molar-refractivity contribution in [1.82, 2.24) is 5.32 Å². The summed E-state index contributed by atoms with van der Waals surface area (Å²) in [5, 5.41) is 2.81. The predicted octanol–water partition coefficient (Wildman–Crippen LogP) is 1.09. The van der Waals surface area contributed by atoms with Crippen molar-refractivity contribution in [3.05, 3.63) is 0 Å². The number of nitrogens with one attached hydrogen (secondary N) is 1. The van der Waals surface area contributed by atoms with Gasteiger partial charge >= 0.3 is 0 Å². The van der Waals surface area contributed by atoms with Crippen LogP contribution >= 0.6 is 0 Å². The van der Waals surface area contributed by atoms with Crippen LogP contribution in [-0.4, -0.2) is 17.4 Å². The van der Waals surface area contributed by atoms with Gasteiger partial charge in [0.25, 0.3) is 0 Å². The Labute approximate surface area is 90.6 Å². The average Bonchev–Trinajstić information content (AvgIpc) is 2.64. The maximum absolute atomic E-state index is 11.5. The Hall–Kier alpha value is -1.06. The zero-order chi connectivity index (χ0) is 11.3. The van der Waals surface area contributed by atoms with Crippen molar-refractivity contribution in [2.24, 2.45) is 5.73 Å². The molecule has 0 saturated heterocycles. The Balaban J connectivity index is 2.52. The lowest BCUT2D eigenvalue weighted by Gasteiger charge is -2.26. The van der Waals surface area contributed by atoms with Gasteiger partial charge in [-0.15, -0.1) is 0 Å². The molecule has 0 atom stereocenters. The maximum Gasteiger partial charge on any atom is 0.243 e. The van der Waals surface area contributed by atoms with Crippen LogP contribution in [0.15, 0.2) is 0 Å². The van der Waals surface area contributed by atoms with Crippen LogP contribution in [0.5, 0.6) is 0 Å². The monoisotopic (exact) mass is 212 g/mol. The van der Waals surface area contributed by atoms with E-state index in [1.165, 1.54) is 0 Å². The van der Waals surface area contributed by atoms with E-state index in [1.807, 2.05) is 6.92 Å². The van der Waals surface area contributed by atoms with Crippen molar-refractivity contribution in [2.45, 2.75) is 57.4 Å². The summed E-state index contributed by atoms with van der Waals surface area (Å²) in [5.41, 5.74) is 4.61. The number of hydrogen-bond donors (Lipinski definition) is 2. The molecule has 1 fully saturated rings. The molecule has 1 saturated carbocycles. The van der Waals surface area contributed by atoms with Gasteiger partial charge in [0.1, 0.15) is 5.54 Å². The van der Waals surface area contributed by atoms with E-state index < -0.39 is 5.54 Å². The highest BCUT2D eigenvalue weighted by molar-refractivity contribution is 5.90. The van der Waals surface area contributed by atoms with Gasteiger partial charge in [-0.1, -0.05) is 26.2 Å². The molecule has 0 heterocycles. The molecule has 4 nitrogen and oxygen atoms in total. The van der Waals surface area contributed by atoms with E-state index in [2.05, 4.69) is 5.32 Å². The van der Waals surface area contributed by atoms with E-state index in [4.69, 9.17) is 5.73 Å². The first kappa shape index (κ1) is 12.0. The maximum atomic E-state index is 11.5. The van der Waals surface area contributed by atoms with Gasteiger partial charge in [0.15, 0.2) is 0 Å². The normalized spacial score (nSPS) is 18.7. The number of primary amides is 1. The summed E-state index contributed by atoms with van der Waals surface area (Å²) in [6.07, 6.45) is 5.66. The fraction of sp³-hybridized carbons (Fsp3) is 0.818. The van der Waals surface area contributed by atoms with Gasteiger partial charge in [-0.3, -0.25) is 9.59 Å². The highest BCUT2D eigenvalue weighted by Gasteiger charge is 2.40. The van der Waals surface area contributed by atoms with Crippen molar-refractivity contribution >= 4 is 11.8 Å². The number of rotatable bonds is 5. The summed E-state index contributed by atoms with van der Waals surface area (Å²) >= 11 is 0. The molecular formula is C11H20N2O2. The van der Waals surface area contributed by atoms with Gasteiger partial charge in [-0.05, 0) is 19.3 Å². The Morgan fingerprint density at radius 1 is 1.33 bits per heavy atom. The van der Waals surface area contributed by atoms with Gasteiger partial charge < -0.3 is 11.1 Å². The zero-order valence-corrected chi connectivity index (χ0v) is 9.34. The van der Waals surface area contributed by atoms with E-state index in [0.29, 0.717) is 19.3 Å². The number of carbonyl (C=O) groups is 2. The summed E-state index contributed by atoms with van der Waals surface area (Å²) in [5.74, 6) is -0.428. The van der Waals surface area contributed by atoms with Crippen LogP contribution in [0, 0.1) is 0 Å². The lowest BCUT2D eigenvalue weighted by molar-refractivity contribution is -0.131. The fourth-order valence-electron chi connectivity index (χ4n) is 2.08. The standard InChI is InChI=1S/C11H20N2O2/c1-2-3-6-9(14)13-11(10(12)15)7-4-5-8-11/h2-8H2,1H3,(H2,12,15)(H,13,14). The van der Waals surface area contributed by atoms with Crippen LogP contribution in [-0.2, 0) is 9.59 Å². The predicted molar refractivity (Wildman–Crippen MR) is 58.1 cm³/mol. The summed E-state index contributed by atoms with van der Waals surface area (Å²) in [7, 11) is 0. The number of nitrogens with two attached hydrogens (primary N) is 1. The van der Waals surface area contributed by atoms with E-state index in [0.717, 1.165) is 25.7 Å². The molecule has 0 aromatic carbocycles. The number of amides is 2. The molecule has 0 aromatic rings. The van der Waals surface area contributed by atoms with Gasteiger partial charge in [-0.25, -0.2) is 0 Å². The first-order valence-electron chi connectivity index (χ1n) is 5.71. The van der Waals surface area contributed by atoms with Crippen molar-refractivity contribution in [3.63, 3.8) is 0 Å². The topological polar surface area (TPSA) is 72.2 Å². The van der Waals surface area contributed by atoms with Gasteiger partial charge in [0.2, 0.25) is 11.8 Å². The second-order valence-corrected chi connectivity index (χ2v) is 4.31. The summed E-state index contributed by atoms with van der Waals surface area (Å²) in [6.45, 7) is 2.03. The molecule has 0 aliphatic heterocycles. The lowest BCUT2D eigenvalue weighted by Crippen LogP contribution is -2.55. The van der Waals surface area contributed by atoms with E-state index in [1.54, 1.807) is 0 Å². The van der Waals surface area contributed by atoms with Crippen molar-refractivity contribution < 1.29 is 9.59 Å². The molecular weight excluding hydrogens is 192 g/mol. The summed E-state index contributed by atoms with van der Waals surface area (Å²) in [6, 6.07) is 0. The quantitative estimate of drug-likeness (QED) is 0.716. The molecule has 2 amide bonds. The first-order chi connectivity index (χ1) is 7.10. The molecule has 0 spiro atoms. The second-order valence-electron chi connectivity index (χ2n) is 4.31. The van der Waals surface area contributed by atoms with E-state index in [-0.39, 0.29) is 11.8 Å². The summed E-state index contributed by atoms with van der Waals surface area (Å²) in [4.78, 5) is 22.9. The molecule has 1 rings (SSSR count). The third kappa shape index (κ3) is 2.94. The molecule has 86 valence electrons. The molecule has 3 N–H and O–H groups in total. The molecule has 0 bridgehead atoms. The molecule has 0 unspecified atom stereocenters. The smallest absolute Gasteiger partial charge is 0.243 e. The minimum atomic E-state index is -0.745. The Kier molecular flexibility index (Phi) is 4.12. The van der Waals surface area contributed by atoms with Crippen LogP contribution in [0.2, 0.25) is 0 Å². The van der Waals surface area contributed by atoms with Crippen molar-refractivity contribution in [3.8, 4) is 0 Å². The number of unbranched alkanes of at least 4 members (excludes halogenated alkanes) is 1. The third-order valence-electron chi connectivity index (χ3n) is 3.06. The van der Waals surface area contributed by atoms with Gasteiger partial charge in [-0.2, -0.15) is 0 Å². The Morgan fingerprint density at radius 2 is 1.93 bits per heavy atom. The minimum Gasteiger partial charge on any atom is -0.368 e. The van der Waals surface area contributed by atoms with Gasteiger partial charge in [0, 0.05) is 6.42 Å². The number of carbonyl (C=O) groups excluding carboxylic acids is 2. The van der Waals surface area contributed by atoms with Crippen LogP contribution in [0.4, 0.5) is 0 Å². The van der Waals surface area contributed by atoms with Crippen LogP contribution < -0.4 is 11.1 Å². The van der Waals surface area contributed by atoms with E-state index >= 15 is 0 Å². The first-order valence-corrected chi connectivity index (χ1v) is 5.71. The van der Waals surface area contributed by atoms with Crippen LogP contribution in [0.3, 0.4) is 0 Å². The minimum absolute atomic E-state index is 0.0439. The second kappa shape index (κ2) is 5.14. The van der Waals surface area contributed by atoms with Gasteiger partial charge in [0.05, 0.1) is 0 Å². The van der Waals surface area contributed by atoms with E-state index in [9.17, 15) is 9.59 Å². The lowest BCUT2D eigenvalue weighted by atomic mass is 9.96. The molecule has 1 aliphatic rings. The third-order valence-corrected chi connectivity index (χ3v) is 3.06. The van der Waals surface area contributed by atoms with Crippen molar-refractivity contribution in [2.75, 3.05) is 0 Å². The SMILES string of the molecule is CCCCC(=O)NC1(C(N)=O)CCCC1. The zero-order valence-electron chi connectivity index (χ0n) is 9.34.